The van der Waals surface area contributed by atoms with E-state index >= 15 is 0 Å². The highest BCUT2D eigenvalue weighted by Gasteiger charge is 2.20. The van der Waals surface area contributed by atoms with Crippen molar-refractivity contribution < 1.29 is 9.47 Å². The molecule has 118 valence electrons. The van der Waals surface area contributed by atoms with E-state index in [1.807, 2.05) is 23.8 Å². The second kappa shape index (κ2) is 5.97. The van der Waals surface area contributed by atoms with Crippen LogP contribution < -0.4 is 5.56 Å². The molecule has 6 nitrogen and oxygen atoms in total. The molecular weight excluding hydrogens is 334 g/mol. The van der Waals surface area contributed by atoms with Crippen LogP contribution in [-0.4, -0.2) is 28.2 Å². The number of allylic oxidation sites excluding steroid dienone is 1. The zero-order chi connectivity index (χ0) is 15.8. The fourth-order valence-corrected chi connectivity index (χ4v) is 3.88. The Balaban J connectivity index is 1.65. The van der Waals surface area contributed by atoms with Crippen molar-refractivity contribution in [1.29, 1.82) is 0 Å². The van der Waals surface area contributed by atoms with Gasteiger partial charge in [-0.15, -0.1) is 22.7 Å². The van der Waals surface area contributed by atoms with Crippen LogP contribution in [0.2, 0.25) is 0 Å². The number of hydrogen-bond acceptors (Lipinski definition) is 7. The van der Waals surface area contributed by atoms with E-state index in [0.717, 1.165) is 21.1 Å². The van der Waals surface area contributed by atoms with Crippen molar-refractivity contribution in [2.75, 3.05) is 13.2 Å². The van der Waals surface area contributed by atoms with Crippen LogP contribution in [0.5, 0.6) is 0 Å². The maximum Gasteiger partial charge on any atom is 0.259 e. The zero-order valence-corrected chi connectivity index (χ0v) is 13.9. The normalized spacial score (nSPS) is 16.5. The predicted octanol–water partition coefficient (Wildman–Crippen LogP) is 3.05. The lowest BCUT2D eigenvalue weighted by atomic mass is 10.2. The van der Waals surface area contributed by atoms with E-state index in [4.69, 9.17) is 9.47 Å². The van der Waals surface area contributed by atoms with Crippen LogP contribution in [0.3, 0.4) is 0 Å². The van der Waals surface area contributed by atoms with Crippen LogP contribution in [-0.2, 0) is 9.47 Å². The molecule has 8 heteroatoms. The maximum absolute atomic E-state index is 12.0. The Morgan fingerprint density at radius 1 is 1.35 bits per heavy atom. The number of aromatic nitrogens is 3. The first-order valence-corrected chi connectivity index (χ1v) is 8.81. The molecule has 0 saturated carbocycles. The van der Waals surface area contributed by atoms with Gasteiger partial charge in [-0.3, -0.25) is 4.79 Å². The van der Waals surface area contributed by atoms with Gasteiger partial charge >= 0.3 is 0 Å². The van der Waals surface area contributed by atoms with E-state index in [1.165, 1.54) is 22.7 Å². The molecule has 1 saturated heterocycles. The molecule has 0 unspecified atom stereocenters. The van der Waals surface area contributed by atoms with E-state index in [-0.39, 0.29) is 11.8 Å². The first-order chi connectivity index (χ1) is 11.2. The molecule has 0 spiro atoms. The van der Waals surface area contributed by atoms with E-state index in [1.54, 1.807) is 6.07 Å². The lowest BCUT2D eigenvalue weighted by molar-refractivity contribution is -0.0468. The Labute approximate surface area is 139 Å². The van der Waals surface area contributed by atoms with Gasteiger partial charge in [-0.05, 0) is 30.0 Å². The highest BCUT2D eigenvalue weighted by Crippen LogP contribution is 2.26. The lowest BCUT2D eigenvalue weighted by Crippen LogP contribution is -2.09. The zero-order valence-electron chi connectivity index (χ0n) is 12.2. The Morgan fingerprint density at radius 3 is 3.00 bits per heavy atom. The number of thiophene rings is 1. The Bertz CT molecular complexity index is 935. The molecule has 1 aliphatic rings. The molecule has 0 aliphatic carbocycles. The van der Waals surface area contributed by atoms with Crippen molar-refractivity contribution in [3.8, 4) is 0 Å². The summed E-state index contributed by atoms with van der Waals surface area (Å²) in [5.74, 6) is 0.565. The molecule has 3 aromatic heterocycles. The van der Waals surface area contributed by atoms with Gasteiger partial charge in [0.05, 0.1) is 18.6 Å². The predicted molar refractivity (Wildman–Crippen MR) is 90.5 cm³/mol. The maximum atomic E-state index is 12.0. The smallest absolute Gasteiger partial charge is 0.259 e. The number of thiazole rings is 1. The van der Waals surface area contributed by atoms with Crippen molar-refractivity contribution in [3.05, 3.63) is 43.7 Å². The molecule has 1 aliphatic heterocycles. The van der Waals surface area contributed by atoms with Gasteiger partial charge in [0.15, 0.2) is 0 Å². The van der Waals surface area contributed by atoms with Crippen LogP contribution in [0.1, 0.15) is 29.7 Å². The highest BCUT2D eigenvalue weighted by atomic mass is 32.1. The third kappa shape index (κ3) is 2.86. The first kappa shape index (κ1) is 14.7. The summed E-state index contributed by atoms with van der Waals surface area (Å²) >= 11 is 2.96. The van der Waals surface area contributed by atoms with Crippen molar-refractivity contribution >= 4 is 44.5 Å². The summed E-state index contributed by atoms with van der Waals surface area (Å²) in [6.45, 7) is 3.10. The third-order valence-electron chi connectivity index (χ3n) is 3.45. The van der Waals surface area contributed by atoms with Crippen molar-refractivity contribution in [2.45, 2.75) is 13.2 Å². The summed E-state index contributed by atoms with van der Waals surface area (Å²) < 4.78 is 10.9. The number of rotatable bonds is 3. The summed E-state index contributed by atoms with van der Waals surface area (Å²) in [4.78, 5) is 24.6. The van der Waals surface area contributed by atoms with Crippen LogP contribution in [0.25, 0.3) is 21.9 Å². The summed E-state index contributed by atoms with van der Waals surface area (Å²) in [5.41, 5.74) is 1.51. The Hall–Kier alpha value is -1.87. The van der Waals surface area contributed by atoms with Crippen molar-refractivity contribution in [1.82, 2.24) is 15.0 Å². The second-order valence-corrected chi connectivity index (χ2v) is 6.85. The molecule has 0 aromatic carbocycles. The van der Waals surface area contributed by atoms with E-state index in [9.17, 15) is 4.79 Å². The Morgan fingerprint density at radius 2 is 2.17 bits per heavy atom. The summed E-state index contributed by atoms with van der Waals surface area (Å²) in [7, 11) is 0. The van der Waals surface area contributed by atoms with Gasteiger partial charge in [0.2, 0.25) is 6.29 Å². The number of nitrogens with zero attached hydrogens (tertiary/aromatic N) is 2. The SMILES string of the molecule is C/C(=C/c1nc(C2OCCO2)cs1)c1nc2sccc2c(=O)[nH]1. The minimum Gasteiger partial charge on any atom is -0.345 e. The first-order valence-electron chi connectivity index (χ1n) is 7.05. The van der Waals surface area contributed by atoms with Crippen LogP contribution >= 0.6 is 22.7 Å². The molecule has 4 rings (SSSR count). The minimum atomic E-state index is -0.367. The van der Waals surface area contributed by atoms with E-state index in [0.29, 0.717) is 24.4 Å². The molecule has 23 heavy (non-hydrogen) atoms. The van der Waals surface area contributed by atoms with Gasteiger partial charge < -0.3 is 14.5 Å². The fraction of sp³-hybridized carbons (Fsp3) is 0.267. The average molecular weight is 347 g/mol. The topological polar surface area (TPSA) is 77.1 Å². The van der Waals surface area contributed by atoms with Crippen LogP contribution in [0.4, 0.5) is 0 Å². The number of nitrogens with one attached hydrogen (secondary N) is 1. The molecule has 1 fully saturated rings. The van der Waals surface area contributed by atoms with Gasteiger partial charge in [-0.25, -0.2) is 9.97 Å². The summed E-state index contributed by atoms with van der Waals surface area (Å²) in [6.07, 6.45) is 1.54. The second-order valence-electron chi connectivity index (χ2n) is 5.07. The van der Waals surface area contributed by atoms with Gasteiger partial charge in [-0.2, -0.15) is 0 Å². The molecule has 0 atom stereocenters. The molecule has 0 radical (unpaired) electrons. The summed E-state index contributed by atoms with van der Waals surface area (Å²) in [6, 6.07) is 1.78. The Kier molecular flexibility index (Phi) is 3.82. The van der Waals surface area contributed by atoms with Gasteiger partial charge in [0.25, 0.3) is 5.56 Å². The minimum absolute atomic E-state index is 0.119. The summed E-state index contributed by atoms with van der Waals surface area (Å²) in [5, 5.41) is 5.24. The lowest BCUT2D eigenvalue weighted by Gasteiger charge is -2.03. The number of aromatic amines is 1. The standard InChI is InChI=1S/C15H13N3O3S2/c1-8(12-17-13(19)9-2-5-22-14(9)18-12)6-11-16-10(7-23-11)15-20-3-4-21-15/h2,5-7,15H,3-4H2,1H3,(H,17,18,19)/b8-6-. The monoisotopic (exact) mass is 347 g/mol. The molecule has 0 bridgehead atoms. The third-order valence-corrected chi connectivity index (χ3v) is 5.07. The largest absolute Gasteiger partial charge is 0.345 e. The molecule has 0 amide bonds. The van der Waals surface area contributed by atoms with E-state index in [2.05, 4.69) is 15.0 Å². The van der Waals surface area contributed by atoms with Crippen molar-refractivity contribution in [3.63, 3.8) is 0 Å². The van der Waals surface area contributed by atoms with Crippen LogP contribution in [0.15, 0.2) is 21.6 Å². The fourth-order valence-electron chi connectivity index (χ4n) is 2.31. The molecular formula is C15H13N3O3S2. The van der Waals surface area contributed by atoms with Gasteiger partial charge in [0.1, 0.15) is 21.4 Å². The number of H-pyrrole nitrogens is 1. The molecule has 1 N–H and O–H groups in total. The van der Waals surface area contributed by atoms with Crippen molar-refractivity contribution in [2.24, 2.45) is 0 Å². The average Bonchev–Trinajstić information content (AvgIpc) is 3.28. The molecule has 4 heterocycles. The number of ether oxygens (including phenoxy) is 2. The van der Waals surface area contributed by atoms with E-state index < -0.39 is 0 Å². The van der Waals surface area contributed by atoms with Crippen LogP contribution in [0, 0.1) is 0 Å². The molecule has 3 aromatic rings. The van der Waals surface area contributed by atoms with Gasteiger partial charge in [0, 0.05) is 5.38 Å². The highest BCUT2D eigenvalue weighted by molar-refractivity contribution is 7.16. The van der Waals surface area contributed by atoms with Gasteiger partial charge in [-0.1, -0.05) is 0 Å². The number of hydrogen-bond donors (Lipinski definition) is 1. The number of fused-ring (bicyclic) bond motifs is 1. The quantitative estimate of drug-likeness (QED) is 0.788.